The van der Waals surface area contributed by atoms with Gasteiger partial charge in [-0.15, -0.1) is 10.2 Å². The van der Waals surface area contributed by atoms with E-state index >= 15 is 0 Å². The number of benzene rings is 1. The molecule has 0 radical (unpaired) electrons. The molecular formula is C17H22N4O2. The van der Waals surface area contributed by atoms with Crippen LogP contribution >= 0.6 is 0 Å². The SMILES string of the molecule is Cc1cccc(OCC(=O)NCc2nnc3n2CCCCC3)c1. The largest absolute Gasteiger partial charge is 0.484 e. The van der Waals surface area contributed by atoms with Crippen LogP contribution in [0, 0.1) is 6.92 Å². The molecule has 1 amide bonds. The van der Waals surface area contributed by atoms with Gasteiger partial charge in [0, 0.05) is 13.0 Å². The molecule has 0 saturated carbocycles. The van der Waals surface area contributed by atoms with E-state index < -0.39 is 0 Å². The lowest BCUT2D eigenvalue weighted by Crippen LogP contribution is -2.29. The molecule has 1 aliphatic rings. The number of hydrogen-bond donors (Lipinski definition) is 1. The molecule has 6 heteroatoms. The Bertz CT molecular complexity index is 681. The Balaban J connectivity index is 1.50. The van der Waals surface area contributed by atoms with E-state index in [2.05, 4.69) is 20.1 Å². The number of aryl methyl sites for hydroxylation is 2. The van der Waals surface area contributed by atoms with Crippen LogP contribution in [0.25, 0.3) is 0 Å². The number of carbonyl (C=O) groups is 1. The van der Waals surface area contributed by atoms with Crippen LogP contribution < -0.4 is 10.1 Å². The van der Waals surface area contributed by atoms with Crippen LogP contribution in [0.2, 0.25) is 0 Å². The number of rotatable bonds is 5. The van der Waals surface area contributed by atoms with Crippen molar-refractivity contribution in [1.82, 2.24) is 20.1 Å². The zero-order chi connectivity index (χ0) is 16.1. The molecule has 1 aromatic heterocycles. The fraction of sp³-hybridized carbons (Fsp3) is 0.471. The number of amides is 1. The highest BCUT2D eigenvalue weighted by atomic mass is 16.5. The zero-order valence-corrected chi connectivity index (χ0v) is 13.4. The van der Waals surface area contributed by atoms with Crippen molar-refractivity contribution in [2.24, 2.45) is 0 Å². The average Bonchev–Trinajstić information content (AvgIpc) is 2.77. The Kier molecular flexibility index (Phi) is 4.90. The minimum atomic E-state index is -0.155. The summed E-state index contributed by atoms with van der Waals surface area (Å²) < 4.78 is 7.63. The highest BCUT2D eigenvalue weighted by molar-refractivity contribution is 5.77. The van der Waals surface area contributed by atoms with Crippen LogP contribution in [0.4, 0.5) is 0 Å². The van der Waals surface area contributed by atoms with E-state index in [4.69, 9.17) is 4.74 Å². The molecule has 0 saturated heterocycles. The van der Waals surface area contributed by atoms with Crippen molar-refractivity contribution < 1.29 is 9.53 Å². The quantitative estimate of drug-likeness (QED) is 0.916. The third-order valence-electron chi connectivity index (χ3n) is 3.99. The predicted molar refractivity (Wildman–Crippen MR) is 86.1 cm³/mol. The van der Waals surface area contributed by atoms with Crippen LogP contribution in [0.5, 0.6) is 5.75 Å². The van der Waals surface area contributed by atoms with Crippen LogP contribution in [-0.2, 0) is 24.3 Å². The van der Waals surface area contributed by atoms with Gasteiger partial charge < -0.3 is 14.6 Å². The van der Waals surface area contributed by atoms with Gasteiger partial charge in [0.1, 0.15) is 11.6 Å². The van der Waals surface area contributed by atoms with E-state index in [1.807, 2.05) is 31.2 Å². The molecule has 1 aromatic carbocycles. The molecule has 3 rings (SSSR count). The van der Waals surface area contributed by atoms with Gasteiger partial charge in [0.2, 0.25) is 0 Å². The standard InChI is InChI=1S/C17H22N4O2/c1-13-6-5-7-14(10-13)23-12-17(22)18-11-16-20-19-15-8-3-2-4-9-21(15)16/h5-7,10H,2-4,8-9,11-12H2,1H3,(H,18,22). The lowest BCUT2D eigenvalue weighted by molar-refractivity contribution is -0.123. The number of nitrogens with one attached hydrogen (secondary N) is 1. The van der Waals surface area contributed by atoms with Crippen molar-refractivity contribution in [3.63, 3.8) is 0 Å². The monoisotopic (exact) mass is 314 g/mol. The van der Waals surface area contributed by atoms with Crippen molar-refractivity contribution in [2.45, 2.75) is 45.7 Å². The van der Waals surface area contributed by atoms with E-state index in [1.165, 1.54) is 6.42 Å². The molecule has 122 valence electrons. The zero-order valence-electron chi connectivity index (χ0n) is 13.4. The summed E-state index contributed by atoms with van der Waals surface area (Å²) in [6.07, 6.45) is 4.49. The highest BCUT2D eigenvalue weighted by Gasteiger charge is 2.15. The molecule has 6 nitrogen and oxygen atoms in total. The maximum atomic E-state index is 11.9. The van der Waals surface area contributed by atoms with Gasteiger partial charge >= 0.3 is 0 Å². The second kappa shape index (κ2) is 7.26. The molecule has 0 aliphatic carbocycles. The third kappa shape index (κ3) is 4.09. The van der Waals surface area contributed by atoms with Gasteiger partial charge in [-0.05, 0) is 37.5 Å². The van der Waals surface area contributed by atoms with Gasteiger partial charge in [0.05, 0.1) is 6.54 Å². The van der Waals surface area contributed by atoms with Crippen LogP contribution in [0.15, 0.2) is 24.3 Å². The molecule has 0 fully saturated rings. The van der Waals surface area contributed by atoms with E-state index in [-0.39, 0.29) is 12.5 Å². The number of nitrogens with zero attached hydrogens (tertiary/aromatic N) is 3. The smallest absolute Gasteiger partial charge is 0.258 e. The Morgan fingerprint density at radius 1 is 1.30 bits per heavy atom. The fourth-order valence-electron chi connectivity index (χ4n) is 2.76. The fourth-order valence-corrected chi connectivity index (χ4v) is 2.76. The molecule has 0 bridgehead atoms. The molecule has 1 N–H and O–H groups in total. The summed E-state index contributed by atoms with van der Waals surface area (Å²) in [5, 5.41) is 11.3. The topological polar surface area (TPSA) is 69.0 Å². The minimum Gasteiger partial charge on any atom is -0.484 e. The van der Waals surface area contributed by atoms with Crippen LogP contribution in [0.3, 0.4) is 0 Å². The van der Waals surface area contributed by atoms with Crippen molar-refractivity contribution in [3.8, 4) is 5.75 Å². The molecule has 23 heavy (non-hydrogen) atoms. The molecule has 0 spiro atoms. The molecule has 2 heterocycles. The summed E-state index contributed by atoms with van der Waals surface area (Å²) in [5.74, 6) is 2.41. The first-order chi connectivity index (χ1) is 11.2. The second-order valence-corrected chi connectivity index (χ2v) is 5.88. The average molecular weight is 314 g/mol. The lowest BCUT2D eigenvalue weighted by atomic mass is 10.2. The predicted octanol–water partition coefficient (Wildman–Crippen LogP) is 2.01. The molecule has 1 aliphatic heterocycles. The van der Waals surface area contributed by atoms with Gasteiger partial charge in [-0.25, -0.2) is 0 Å². The maximum absolute atomic E-state index is 11.9. The van der Waals surface area contributed by atoms with Crippen molar-refractivity contribution in [1.29, 1.82) is 0 Å². The summed E-state index contributed by atoms with van der Waals surface area (Å²) in [7, 11) is 0. The highest BCUT2D eigenvalue weighted by Crippen LogP contribution is 2.14. The second-order valence-electron chi connectivity index (χ2n) is 5.88. The summed E-state index contributed by atoms with van der Waals surface area (Å²) in [4.78, 5) is 11.9. The van der Waals surface area contributed by atoms with Crippen molar-refractivity contribution in [2.75, 3.05) is 6.61 Å². The van der Waals surface area contributed by atoms with Crippen molar-refractivity contribution in [3.05, 3.63) is 41.5 Å². The van der Waals surface area contributed by atoms with E-state index in [0.29, 0.717) is 12.3 Å². The van der Waals surface area contributed by atoms with Gasteiger partial charge in [-0.1, -0.05) is 18.6 Å². The van der Waals surface area contributed by atoms with Gasteiger partial charge in [0.15, 0.2) is 12.4 Å². The summed E-state index contributed by atoms with van der Waals surface area (Å²) >= 11 is 0. The third-order valence-corrected chi connectivity index (χ3v) is 3.99. The molecular weight excluding hydrogens is 292 g/mol. The van der Waals surface area contributed by atoms with Crippen molar-refractivity contribution >= 4 is 5.91 Å². The Hall–Kier alpha value is -2.37. The number of ether oxygens (including phenoxy) is 1. The number of aromatic nitrogens is 3. The van der Waals surface area contributed by atoms with Crippen LogP contribution in [-0.4, -0.2) is 27.3 Å². The van der Waals surface area contributed by atoms with Gasteiger partial charge in [-0.2, -0.15) is 0 Å². The summed E-state index contributed by atoms with van der Waals surface area (Å²) in [5.41, 5.74) is 1.11. The van der Waals surface area contributed by atoms with E-state index in [0.717, 1.165) is 43.0 Å². The Labute approximate surface area is 135 Å². The lowest BCUT2D eigenvalue weighted by Gasteiger charge is -2.09. The number of fused-ring (bicyclic) bond motifs is 1. The molecule has 2 aromatic rings. The maximum Gasteiger partial charge on any atom is 0.258 e. The van der Waals surface area contributed by atoms with Crippen LogP contribution in [0.1, 0.15) is 36.5 Å². The van der Waals surface area contributed by atoms with Gasteiger partial charge in [0.25, 0.3) is 5.91 Å². The summed E-state index contributed by atoms with van der Waals surface area (Å²) in [6, 6.07) is 7.66. The number of hydrogen-bond acceptors (Lipinski definition) is 4. The normalized spacial score (nSPS) is 14.0. The first-order valence-corrected chi connectivity index (χ1v) is 8.09. The summed E-state index contributed by atoms with van der Waals surface area (Å²) in [6.45, 7) is 3.32. The molecule has 0 unspecified atom stereocenters. The Morgan fingerprint density at radius 3 is 3.09 bits per heavy atom. The van der Waals surface area contributed by atoms with Gasteiger partial charge in [-0.3, -0.25) is 4.79 Å². The molecule has 0 atom stereocenters. The van der Waals surface area contributed by atoms with E-state index in [9.17, 15) is 4.79 Å². The first-order valence-electron chi connectivity index (χ1n) is 8.09. The minimum absolute atomic E-state index is 0.00441. The van der Waals surface area contributed by atoms with E-state index in [1.54, 1.807) is 0 Å². The number of carbonyl (C=O) groups excluding carboxylic acids is 1. The first kappa shape index (κ1) is 15.5. The Morgan fingerprint density at radius 2 is 2.22 bits per heavy atom.